The quantitative estimate of drug-likeness (QED) is 0.523. The Morgan fingerprint density at radius 1 is 1.17 bits per heavy atom. The standard InChI is InChI=1S/C21H25BrN6O2/c1-4-27-13-18(19(26-27)21(30)23-9-14(2)3)25-20(29)16-7-5-6-15(8-16)11-28-12-17(22)10-24-28/h5-8,10,12-14H,4,9,11H2,1-3H3,(H,23,30)(H,25,29). The largest absolute Gasteiger partial charge is 0.350 e. The summed E-state index contributed by atoms with van der Waals surface area (Å²) in [6, 6.07) is 7.31. The molecule has 2 aromatic heterocycles. The maximum atomic E-state index is 12.9. The maximum absolute atomic E-state index is 12.9. The summed E-state index contributed by atoms with van der Waals surface area (Å²) in [7, 11) is 0. The normalized spacial score (nSPS) is 11.0. The summed E-state index contributed by atoms with van der Waals surface area (Å²) in [6.07, 6.45) is 5.26. The molecule has 9 heteroatoms. The number of anilines is 1. The number of rotatable bonds is 8. The molecule has 0 aliphatic carbocycles. The van der Waals surface area contributed by atoms with Crippen LogP contribution in [-0.4, -0.2) is 37.9 Å². The van der Waals surface area contributed by atoms with Gasteiger partial charge in [0.05, 0.1) is 22.9 Å². The fraction of sp³-hybridized carbons (Fsp3) is 0.333. The predicted molar refractivity (Wildman–Crippen MR) is 118 cm³/mol. The van der Waals surface area contributed by atoms with Crippen molar-refractivity contribution in [3.05, 3.63) is 64.1 Å². The van der Waals surface area contributed by atoms with E-state index in [0.29, 0.717) is 36.8 Å². The lowest BCUT2D eigenvalue weighted by Gasteiger charge is -2.09. The van der Waals surface area contributed by atoms with Crippen molar-refractivity contribution >= 4 is 33.4 Å². The molecule has 158 valence electrons. The first-order valence-corrected chi connectivity index (χ1v) is 10.6. The van der Waals surface area contributed by atoms with Crippen LogP contribution in [0.4, 0.5) is 5.69 Å². The van der Waals surface area contributed by atoms with Crippen molar-refractivity contribution in [2.24, 2.45) is 5.92 Å². The van der Waals surface area contributed by atoms with Crippen LogP contribution < -0.4 is 10.6 Å². The van der Waals surface area contributed by atoms with Gasteiger partial charge in [0.1, 0.15) is 0 Å². The molecule has 2 heterocycles. The smallest absolute Gasteiger partial charge is 0.273 e. The Labute approximate surface area is 183 Å². The number of nitrogens with one attached hydrogen (secondary N) is 2. The monoisotopic (exact) mass is 472 g/mol. The molecule has 2 amide bonds. The zero-order valence-electron chi connectivity index (χ0n) is 17.2. The molecule has 2 N–H and O–H groups in total. The summed E-state index contributed by atoms with van der Waals surface area (Å²) in [5.74, 6) is -0.283. The summed E-state index contributed by atoms with van der Waals surface area (Å²) in [6.45, 7) is 7.63. The number of benzene rings is 1. The lowest BCUT2D eigenvalue weighted by Crippen LogP contribution is -2.28. The third-order valence-electron chi connectivity index (χ3n) is 4.36. The number of carbonyl (C=O) groups excluding carboxylic acids is 2. The Morgan fingerprint density at radius 3 is 2.63 bits per heavy atom. The minimum absolute atomic E-state index is 0.211. The third kappa shape index (κ3) is 5.56. The van der Waals surface area contributed by atoms with Crippen LogP contribution in [0.5, 0.6) is 0 Å². The molecule has 0 saturated carbocycles. The van der Waals surface area contributed by atoms with E-state index in [1.54, 1.807) is 27.8 Å². The fourth-order valence-electron chi connectivity index (χ4n) is 2.84. The van der Waals surface area contributed by atoms with E-state index in [1.807, 2.05) is 45.2 Å². The van der Waals surface area contributed by atoms with Crippen LogP contribution in [0.25, 0.3) is 0 Å². The molecule has 0 aliphatic rings. The van der Waals surface area contributed by atoms with E-state index in [0.717, 1.165) is 10.0 Å². The highest BCUT2D eigenvalue weighted by Crippen LogP contribution is 2.17. The number of carbonyl (C=O) groups is 2. The molecule has 0 atom stereocenters. The molecular formula is C21H25BrN6O2. The van der Waals surface area contributed by atoms with E-state index in [4.69, 9.17) is 0 Å². The summed E-state index contributed by atoms with van der Waals surface area (Å²) in [4.78, 5) is 25.4. The lowest BCUT2D eigenvalue weighted by atomic mass is 10.1. The maximum Gasteiger partial charge on any atom is 0.273 e. The van der Waals surface area contributed by atoms with Crippen LogP contribution in [0.2, 0.25) is 0 Å². The average molecular weight is 473 g/mol. The molecule has 0 bridgehead atoms. The zero-order chi connectivity index (χ0) is 21.7. The highest BCUT2D eigenvalue weighted by atomic mass is 79.9. The number of hydrogen-bond donors (Lipinski definition) is 2. The second kappa shape index (κ2) is 9.71. The summed E-state index contributed by atoms with van der Waals surface area (Å²) < 4.78 is 4.31. The van der Waals surface area contributed by atoms with Gasteiger partial charge in [-0.05, 0) is 46.5 Å². The van der Waals surface area contributed by atoms with E-state index in [9.17, 15) is 9.59 Å². The minimum atomic E-state index is -0.302. The summed E-state index contributed by atoms with van der Waals surface area (Å²) in [5, 5.41) is 14.2. The molecule has 0 spiro atoms. The first kappa shape index (κ1) is 21.8. The van der Waals surface area contributed by atoms with Crippen molar-refractivity contribution in [1.29, 1.82) is 0 Å². The van der Waals surface area contributed by atoms with E-state index in [-0.39, 0.29) is 17.5 Å². The van der Waals surface area contributed by atoms with Crippen molar-refractivity contribution in [1.82, 2.24) is 24.9 Å². The van der Waals surface area contributed by atoms with Crippen LogP contribution in [0.15, 0.2) is 47.3 Å². The van der Waals surface area contributed by atoms with Crippen molar-refractivity contribution in [2.45, 2.75) is 33.9 Å². The van der Waals surface area contributed by atoms with Gasteiger partial charge in [0.15, 0.2) is 5.69 Å². The molecule has 8 nitrogen and oxygen atoms in total. The van der Waals surface area contributed by atoms with E-state index >= 15 is 0 Å². The molecule has 3 aromatic rings. The molecule has 0 saturated heterocycles. The van der Waals surface area contributed by atoms with E-state index in [2.05, 4.69) is 36.8 Å². The van der Waals surface area contributed by atoms with Gasteiger partial charge in [-0.2, -0.15) is 10.2 Å². The topological polar surface area (TPSA) is 93.8 Å². The van der Waals surface area contributed by atoms with Gasteiger partial charge in [-0.1, -0.05) is 26.0 Å². The first-order chi connectivity index (χ1) is 14.4. The first-order valence-electron chi connectivity index (χ1n) is 9.79. The Bertz CT molecular complexity index is 1040. The van der Waals surface area contributed by atoms with Crippen LogP contribution in [0, 0.1) is 5.92 Å². The van der Waals surface area contributed by atoms with Gasteiger partial charge in [-0.25, -0.2) is 0 Å². The second-order valence-corrected chi connectivity index (χ2v) is 8.28. The second-order valence-electron chi connectivity index (χ2n) is 7.36. The summed E-state index contributed by atoms with van der Waals surface area (Å²) >= 11 is 3.38. The van der Waals surface area contributed by atoms with Gasteiger partial charge in [-0.3, -0.25) is 19.0 Å². The minimum Gasteiger partial charge on any atom is -0.350 e. The Balaban J connectivity index is 1.76. The molecular weight excluding hydrogens is 448 g/mol. The molecule has 3 rings (SSSR count). The van der Waals surface area contributed by atoms with Gasteiger partial charge in [0.2, 0.25) is 0 Å². The van der Waals surface area contributed by atoms with E-state index < -0.39 is 0 Å². The van der Waals surface area contributed by atoms with Gasteiger partial charge >= 0.3 is 0 Å². The number of amides is 2. The van der Waals surface area contributed by atoms with Crippen LogP contribution >= 0.6 is 15.9 Å². The van der Waals surface area contributed by atoms with Crippen molar-refractivity contribution in [2.75, 3.05) is 11.9 Å². The van der Waals surface area contributed by atoms with Gasteiger partial charge in [0, 0.05) is 31.0 Å². The molecule has 0 fully saturated rings. The van der Waals surface area contributed by atoms with Gasteiger partial charge in [-0.15, -0.1) is 0 Å². The predicted octanol–water partition coefficient (Wildman–Crippen LogP) is 3.55. The highest BCUT2D eigenvalue weighted by molar-refractivity contribution is 9.10. The molecule has 1 aromatic carbocycles. The van der Waals surface area contributed by atoms with Crippen molar-refractivity contribution < 1.29 is 9.59 Å². The number of nitrogens with zero attached hydrogens (tertiary/aromatic N) is 4. The number of aromatic nitrogens is 4. The third-order valence-corrected chi connectivity index (χ3v) is 4.76. The van der Waals surface area contributed by atoms with Crippen LogP contribution in [-0.2, 0) is 13.1 Å². The lowest BCUT2D eigenvalue weighted by molar-refractivity contribution is 0.0944. The highest BCUT2D eigenvalue weighted by Gasteiger charge is 2.19. The number of aryl methyl sites for hydroxylation is 1. The van der Waals surface area contributed by atoms with Crippen LogP contribution in [0.1, 0.15) is 47.2 Å². The zero-order valence-corrected chi connectivity index (χ0v) is 18.8. The Hall–Kier alpha value is -2.94. The van der Waals surface area contributed by atoms with Gasteiger partial charge < -0.3 is 10.6 Å². The van der Waals surface area contributed by atoms with Gasteiger partial charge in [0.25, 0.3) is 11.8 Å². The fourth-order valence-corrected chi connectivity index (χ4v) is 3.17. The number of hydrogen-bond acceptors (Lipinski definition) is 4. The van der Waals surface area contributed by atoms with E-state index in [1.165, 1.54) is 0 Å². The SMILES string of the molecule is CCn1cc(NC(=O)c2cccc(Cn3cc(Br)cn3)c2)c(C(=O)NCC(C)C)n1. The summed E-state index contributed by atoms with van der Waals surface area (Å²) in [5.41, 5.74) is 2.04. The Kier molecular flexibility index (Phi) is 7.04. The molecule has 0 radical (unpaired) electrons. The number of halogens is 1. The van der Waals surface area contributed by atoms with Crippen molar-refractivity contribution in [3.8, 4) is 0 Å². The molecule has 0 unspecified atom stereocenters. The molecule has 0 aliphatic heterocycles. The molecule has 30 heavy (non-hydrogen) atoms. The average Bonchev–Trinajstić information content (AvgIpc) is 3.32. The van der Waals surface area contributed by atoms with Crippen molar-refractivity contribution in [3.63, 3.8) is 0 Å². The van der Waals surface area contributed by atoms with Crippen LogP contribution in [0.3, 0.4) is 0 Å². The Morgan fingerprint density at radius 2 is 1.97 bits per heavy atom.